The first-order valence-electron chi connectivity index (χ1n) is 5.99. The van der Waals surface area contributed by atoms with E-state index in [1.165, 1.54) is 5.56 Å². The zero-order chi connectivity index (χ0) is 12.3. The zero-order valence-electron chi connectivity index (χ0n) is 10.1. The van der Waals surface area contributed by atoms with E-state index in [9.17, 15) is 0 Å². The first-order chi connectivity index (χ1) is 8.15. The Hall–Kier alpha value is -0.610. The lowest BCUT2D eigenvalue weighted by Crippen LogP contribution is -2.49. The fraction of sp³-hybridized carbons (Fsp3) is 0.538. The number of hydrogen-bond acceptors (Lipinski definition) is 3. The lowest BCUT2D eigenvalue weighted by atomic mass is 10.1. The van der Waals surface area contributed by atoms with Gasteiger partial charge in [-0.05, 0) is 24.6 Å². The summed E-state index contributed by atoms with van der Waals surface area (Å²) in [6, 6.07) is 8.08. The third-order valence-corrected chi connectivity index (χ3v) is 3.34. The Balaban J connectivity index is 1.92. The minimum absolute atomic E-state index is 0.0861. The Morgan fingerprint density at radius 3 is 2.82 bits per heavy atom. The monoisotopic (exact) mass is 254 g/mol. The molecule has 3 nitrogen and oxygen atoms in total. The van der Waals surface area contributed by atoms with Gasteiger partial charge in [0.15, 0.2) is 0 Å². The van der Waals surface area contributed by atoms with E-state index in [1.54, 1.807) is 0 Å². The van der Waals surface area contributed by atoms with Crippen LogP contribution in [0, 0.1) is 0 Å². The van der Waals surface area contributed by atoms with Crippen molar-refractivity contribution in [2.24, 2.45) is 5.73 Å². The molecule has 17 heavy (non-hydrogen) atoms. The number of morpholine rings is 1. The zero-order valence-corrected chi connectivity index (χ0v) is 10.9. The summed E-state index contributed by atoms with van der Waals surface area (Å²) in [5.41, 5.74) is 7.15. The van der Waals surface area contributed by atoms with E-state index in [2.05, 4.69) is 17.0 Å². The molecule has 0 aliphatic carbocycles. The van der Waals surface area contributed by atoms with Gasteiger partial charge in [-0.1, -0.05) is 23.7 Å². The summed E-state index contributed by atoms with van der Waals surface area (Å²) in [5, 5.41) is 0.782. The van der Waals surface area contributed by atoms with Crippen LogP contribution in [0.4, 0.5) is 0 Å². The molecular weight excluding hydrogens is 236 g/mol. The number of halogens is 1. The topological polar surface area (TPSA) is 38.5 Å². The van der Waals surface area contributed by atoms with E-state index >= 15 is 0 Å². The molecule has 0 spiro atoms. The second-order valence-electron chi connectivity index (χ2n) is 4.63. The average Bonchev–Trinajstić information content (AvgIpc) is 2.32. The van der Waals surface area contributed by atoms with Crippen molar-refractivity contribution in [3.05, 3.63) is 34.9 Å². The first kappa shape index (κ1) is 12.8. The quantitative estimate of drug-likeness (QED) is 0.895. The molecule has 0 radical (unpaired) electrons. The van der Waals surface area contributed by atoms with Crippen molar-refractivity contribution in [1.29, 1.82) is 0 Å². The summed E-state index contributed by atoms with van der Waals surface area (Å²) >= 11 is 5.87. The van der Waals surface area contributed by atoms with Crippen LogP contribution >= 0.6 is 11.6 Å². The van der Waals surface area contributed by atoms with Gasteiger partial charge in [0.05, 0.1) is 12.7 Å². The minimum atomic E-state index is 0.0861. The molecule has 1 heterocycles. The summed E-state index contributed by atoms with van der Waals surface area (Å²) in [4.78, 5) is 2.38. The van der Waals surface area contributed by atoms with Crippen LogP contribution < -0.4 is 5.73 Å². The van der Waals surface area contributed by atoms with Gasteiger partial charge in [-0.15, -0.1) is 0 Å². The van der Waals surface area contributed by atoms with Crippen molar-refractivity contribution in [1.82, 2.24) is 4.90 Å². The predicted molar refractivity (Wildman–Crippen MR) is 70.1 cm³/mol. The summed E-state index contributed by atoms with van der Waals surface area (Å²) in [5.74, 6) is 0. The molecule has 2 rings (SSSR count). The molecule has 1 saturated heterocycles. The van der Waals surface area contributed by atoms with Gasteiger partial charge in [-0.25, -0.2) is 0 Å². The molecule has 1 aromatic rings. The van der Waals surface area contributed by atoms with Crippen molar-refractivity contribution in [2.45, 2.75) is 25.6 Å². The van der Waals surface area contributed by atoms with E-state index in [-0.39, 0.29) is 12.1 Å². The highest BCUT2D eigenvalue weighted by Crippen LogP contribution is 2.14. The van der Waals surface area contributed by atoms with E-state index in [1.807, 2.05) is 19.1 Å². The number of benzene rings is 1. The summed E-state index contributed by atoms with van der Waals surface area (Å²) in [6.45, 7) is 5.56. The third kappa shape index (κ3) is 3.68. The van der Waals surface area contributed by atoms with Gasteiger partial charge >= 0.3 is 0 Å². The second-order valence-corrected chi connectivity index (χ2v) is 5.07. The van der Waals surface area contributed by atoms with Gasteiger partial charge in [-0.2, -0.15) is 0 Å². The molecule has 0 aromatic heterocycles. The van der Waals surface area contributed by atoms with Crippen LogP contribution in [0.25, 0.3) is 0 Å². The molecule has 1 aliphatic heterocycles. The molecule has 0 bridgehead atoms. The van der Waals surface area contributed by atoms with Gasteiger partial charge in [-0.3, -0.25) is 4.90 Å². The van der Waals surface area contributed by atoms with Crippen molar-refractivity contribution < 1.29 is 4.74 Å². The Kier molecular flexibility index (Phi) is 4.40. The maximum atomic E-state index is 5.87. The Bertz CT molecular complexity index is 353. The molecule has 4 heteroatoms. The van der Waals surface area contributed by atoms with Crippen LogP contribution in [0.5, 0.6) is 0 Å². The average molecular weight is 255 g/mol. The van der Waals surface area contributed by atoms with Crippen molar-refractivity contribution in [3.63, 3.8) is 0 Å². The molecule has 0 amide bonds. The predicted octanol–water partition coefficient (Wildman–Crippen LogP) is 1.89. The van der Waals surface area contributed by atoms with Crippen LogP contribution in [0.2, 0.25) is 5.02 Å². The van der Waals surface area contributed by atoms with Crippen molar-refractivity contribution in [2.75, 3.05) is 19.7 Å². The normalized spacial score (nSPS) is 23.6. The number of hydrogen-bond donors (Lipinski definition) is 1. The largest absolute Gasteiger partial charge is 0.374 e. The summed E-state index contributed by atoms with van der Waals surface area (Å²) in [6.07, 6.45) is 0.149. The highest BCUT2D eigenvalue weighted by Gasteiger charge is 2.23. The molecule has 2 N–H and O–H groups in total. The lowest BCUT2D eigenvalue weighted by molar-refractivity contribution is -0.0403. The van der Waals surface area contributed by atoms with Gasteiger partial charge < -0.3 is 10.5 Å². The Labute approximate surface area is 107 Å². The standard InChI is InChI=1S/C13H19ClN2O/c1-10(15)13-9-16(6-7-17-13)8-11-2-4-12(14)5-3-11/h2-5,10,13H,6-9,15H2,1H3. The number of ether oxygens (including phenoxy) is 1. The molecule has 2 unspecified atom stereocenters. The number of nitrogens with two attached hydrogens (primary N) is 1. The smallest absolute Gasteiger partial charge is 0.0850 e. The van der Waals surface area contributed by atoms with Crippen LogP contribution in [0.15, 0.2) is 24.3 Å². The van der Waals surface area contributed by atoms with Gasteiger partial charge in [0, 0.05) is 30.7 Å². The highest BCUT2D eigenvalue weighted by atomic mass is 35.5. The van der Waals surface area contributed by atoms with Crippen LogP contribution in [-0.4, -0.2) is 36.7 Å². The molecule has 94 valence electrons. The summed E-state index contributed by atoms with van der Waals surface area (Å²) in [7, 11) is 0. The summed E-state index contributed by atoms with van der Waals surface area (Å²) < 4.78 is 5.64. The SMILES string of the molecule is CC(N)C1CN(Cc2ccc(Cl)cc2)CCO1. The molecule has 1 aromatic carbocycles. The molecule has 1 fully saturated rings. The second kappa shape index (κ2) is 5.83. The van der Waals surface area contributed by atoms with E-state index in [4.69, 9.17) is 22.1 Å². The first-order valence-corrected chi connectivity index (χ1v) is 6.37. The molecule has 1 aliphatic rings. The van der Waals surface area contributed by atoms with E-state index in [0.29, 0.717) is 0 Å². The fourth-order valence-corrected chi connectivity index (χ4v) is 2.17. The fourth-order valence-electron chi connectivity index (χ4n) is 2.04. The molecule has 2 atom stereocenters. The highest BCUT2D eigenvalue weighted by molar-refractivity contribution is 6.30. The third-order valence-electron chi connectivity index (χ3n) is 3.08. The molecule has 0 saturated carbocycles. The van der Waals surface area contributed by atoms with Crippen LogP contribution in [0.3, 0.4) is 0 Å². The van der Waals surface area contributed by atoms with Crippen molar-refractivity contribution >= 4 is 11.6 Å². The van der Waals surface area contributed by atoms with E-state index in [0.717, 1.165) is 31.3 Å². The lowest BCUT2D eigenvalue weighted by Gasteiger charge is -2.34. The number of rotatable bonds is 3. The van der Waals surface area contributed by atoms with Gasteiger partial charge in [0.25, 0.3) is 0 Å². The van der Waals surface area contributed by atoms with Crippen LogP contribution in [-0.2, 0) is 11.3 Å². The van der Waals surface area contributed by atoms with Crippen LogP contribution in [0.1, 0.15) is 12.5 Å². The molecular formula is C13H19ClN2O. The minimum Gasteiger partial charge on any atom is -0.374 e. The van der Waals surface area contributed by atoms with Gasteiger partial charge in [0.2, 0.25) is 0 Å². The Morgan fingerprint density at radius 2 is 2.18 bits per heavy atom. The number of nitrogens with zero attached hydrogens (tertiary/aromatic N) is 1. The van der Waals surface area contributed by atoms with Crippen molar-refractivity contribution in [3.8, 4) is 0 Å². The van der Waals surface area contributed by atoms with E-state index < -0.39 is 0 Å². The maximum absolute atomic E-state index is 5.87. The Morgan fingerprint density at radius 1 is 1.47 bits per heavy atom. The maximum Gasteiger partial charge on any atom is 0.0850 e. The van der Waals surface area contributed by atoms with Gasteiger partial charge in [0.1, 0.15) is 0 Å².